The van der Waals surface area contributed by atoms with Crippen molar-refractivity contribution < 1.29 is 23.8 Å². The fourth-order valence-electron chi connectivity index (χ4n) is 4.37. The molecule has 0 aliphatic heterocycles. The molecule has 5 nitrogen and oxygen atoms in total. The van der Waals surface area contributed by atoms with Gasteiger partial charge in [-0.3, -0.25) is 9.59 Å². The Bertz CT molecular complexity index is 917. The first-order valence-corrected chi connectivity index (χ1v) is 12.1. The summed E-state index contributed by atoms with van der Waals surface area (Å²) in [6.45, 7) is 3.88. The van der Waals surface area contributed by atoms with Gasteiger partial charge in [-0.2, -0.15) is 0 Å². The smallest absolute Gasteiger partial charge is 0.199 e. The molecule has 0 saturated heterocycles. The lowest BCUT2D eigenvalue weighted by Crippen LogP contribution is -2.22. The van der Waals surface area contributed by atoms with Gasteiger partial charge in [0.25, 0.3) is 0 Å². The molecule has 0 N–H and O–H groups in total. The average Bonchev–Trinajstić information content (AvgIpc) is 2.78. The zero-order valence-electron chi connectivity index (χ0n) is 19.0. The highest BCUT2D eigenvalue weighted by atomic mass is 31.1. The molecule has 0 bridgehead atoms. The second kappa shape index (κ2) is 10.3. The van der Waals surface area contributed by atoms with Gasteiger partial charge in [-0.1, -0.05) is 37.5 Å². The van der Waals surface area contributed by atoms with Gasteiger partial charge in [-0.25, -0.2) is 0 Å². The van der Waals surface area contributed by atoms with Crippen LogP contribution in [0.25, 0.3) is 0 Å². The number of ether oxygens (including phenoxy) is 3. The number of benzene rings is 2. The van der Waals surface area contributed by atoms with E-state index in [0.717, 1.165) is 43.2 Å². The second-order valence-corrected chi connectivity index (χ2v) is 10.2. The first kappa shape index (κ1) is 23.3. The van der Waals surface area contributed by atoms with E-state index in [0.29, 0.717) is 28.4 Å². The summed E-state index contributed by atoms with van der Waals surface area (Å²) >= 11 is 0. The highest BCUT2D eigenvalue weighted by Gasteiger charge is 2.39. The van der Waals surface area contributed by atoms with Gasteiger partial charge in [0.2, 0.25) is 0 Å². The number of rotatable bonds is 8. The van der Waals surface area contributed by atoms with E-state index in [1.54, 1.807) is 19.2 Å². The van der Waals surface area contributed by atoms with E-state index in [9.17, 15) is 9.59 Å². The van der Waals surface area contributed by atoms with Crippen LogP contribution >= 0.6 is 7.92 Å². The second-order valence-electron chi connectivity index (χ2n) is 7.95. The maximum Gasteiger partial charge on any atom is 0.199 e. The molecule has 31 heavy (non-hydrogen) atoms. The minimum absolute atomic E-state index is 0.0394. The molecule has 1 saturated carbocycles. The van der Waals surface area contributed by atoms with Crippen LogP contribution in [0.5, 0.6) is 17.2 Å². The van der Waals surface area contributed by atoms with Crippen LogP contribution in [-0.2, 0) is 0 Å². The largest absolute Gasteiger partial charge is 0.496 e. The molecule has 0 radical (unpaired) electrons. The normalized spacial score (nSPS) is 15.3. The van der Waals surface area contributed by atoms with E-state index < -0.39 is 7.92 Å². The Morgan fingerprint density at radius 3 is 1.81 bits per heavy atom. The molecular formula is C25H31O5P. The zero-order chi connectivity index (χ0) is 22.5. The summed E-state index contributed by atoms with van der Waals surface area (Å²) < 4.78 is 16.4. The van der Waals surface area contributed by atoms with Crippen molar-refractivity contribution >= 4 is 19.0 Å². The van der Waals surface area contributed by atoms with Gasteiger partial charge in [0, 0.05) is 25.6 Å². The van der Waals surface area contributed by atoms with E-state index >= 15 is 0 Å². The Kier molecular flexibility index (Phi) is 7.72. The molecule has 0 amide bonds. The number of hydrogen-bond donors (Lipinski definition) is 0. The summed E-state index contributed by atoms with van der Waals surface area (Å²) in [6.07, 6.45) is 5.05. The molecule has 1 aliphatic rings. The highest BCUT2D eigenvalue weighted by Crippen LogP contribution is 2.55. The van der Waals surface area contributed by atoms with Crippen LogP contribution in [0.2, 0.25) is 0 Å². The van der Waals surface area contributed by atoms with E-state index in [1.165, 1.54) is 14.2 Å². The molecule has 2 aromatic carbocycles. The maximum absolute atomic E-state index is 14.0. The van der Waals surface area contributed by atoms with Crippen molar-refractivity contribution in [1.82, 2.24) is 0 Å². The molecule has 166 valence electrons. The number of carbonyl (C=O) groups excluding carboxylic acids is 2. The van der Waals surface area contributed by atoms with Gasteiger partial charge >= 0.3 is 0 Å². The predicted molar refractivity (Wildman–Crippen MR) is 124 cm³/mol. The Morgan fingerprint density at radius 2 is 1.32 bits per heavy atom. The van der Waals surface area contributed by atoms with Crippen LogP contribution in [0.1, 0.15) is 63.9 Å². The van der Waals surface area contributed by atoms with Crippen LogP contribution < -0.4 is 14.2 Å². The average molecular weight is 442 g/mol. The number of carbonyl (C=O) groups is 2. The number of methoxy groups -OCH3 is 3. The number of hydrogen-bond acceptors (Lipinski definition) is 5. The van der Waals surface area contributed by atoms with Crippen molar-refractivity contribution in [2.45, 2.75) is 51.6 Å². The maximum atomic E-state index is 14.0. The molecule has 3 rings (SSSR count). The fourth-order valence-corrected chi connectivity index (χ4v) is 7.16. The van der Waals surface area contributed by atoms with Crippen molar-refractivity contribution in [2.24, 2.45) is 0 Å². The Hall–Kier alpha value is -2.39. The number of aryl methyl sites for hydroxylation is 2. The third-order valence-electron chi connectivity index (χ3n) is 6.00. The monoisotopic (exact) mass is 442 g/mol. The topological polar surface area (TPSA) is 61.8 Å². The quantitative estimate of drug-likeness (QED) is 0.461. The highest BCUT2D eigenvalue weighted by molar-refractivity contribution is 7.90. The van der Waals surface area contributed by atoms with Gasteiger partial charge < -0.3 is 14.2 Å². The van der Waals surface area contributed by atoms with Crippen molar-refractivity contribution in [1.29, 1.82) is 0 Å². The zero-order valence-corrected chi connectivity index (χ0v) is 19.9. The molecule has 1 aliphatic carbocycles. The van der Waals surface area contributed by atoms with Crippen LogP contribution in [0, 0.1) is 13.8 Å². The Balaban J connectivity index is 2.15. The summed E-state index contributed by atoms with van der Waals surface area (Å²) in [6, 6.07) is 9.17. The van der Waals surface area contributed by atoms with Gasteiger partial charge in [0.1, 0.15) is 22.8 Å². The first-order chi connectivity index (χ1) is 14.9. The van der Waals surface area contributed by atoms with Crippen LogP contribution in [0.15, 0.2) is 30.3 Å². The Morgan fingerprint density at radius 1 is 0.806 bits per heavy atom. The van der Waals surface area contributed by atoms with Gasteiger partial charge in [0.15, 0.2) is 11.0 Å². The third kappa shape index (κ3) is 4.77. The summed E-state index contributed by atoms with van der Waals surface area (Å²) in [4.78, 5) is 28.0. The predicted octanol–water partition coefficient (Wildman–Crippen LogP) is 6.12. The van der Waals surface area contributed by atoms with E-state index in [1.807, 2.05) is 32.0 Å². The van der Waals surface area contributed by atoms with E-state index in [2.05, 4.69) is 0 Å². The molecular weight excluding hydrogens is 411 g/mol. The third-order valence-corrected chi connectivity index (χ3v) is 8.57. The molecule has 1 atom stereocenters. The van der Waals surface area contributed by atoms with Crippen molar-refractivity contribution in [3.8, 4) is 17.2 Å². The van der Waals surface area contributed by atoms with Gasteiger partial charge in [0.05, 0.1) is 21.3 Å². The van der Waals surface area contributed by atoms with Crippen LogP contribution in [-0.4, -0.2) is 38.0 Å². The summed E-state index contributed by atoms with van der Waals surface area (Å²) in [5.74, 6) is 1.28. The van der Waals surface area contributed by atoms with Gasteiger partial charge in [-0.05, 0) is 43.5 Å². The molecule has 0 heterocycles. The summed E-state index contributed by atoms with van der Waals surface area (Å²) in [7, 11) is 2.96. The van der Waals surface area contributed by atoms with Crippen molar-refractivity contribution in [3.05, 3.63) is 52.6 Å². The Labute approximate surface area is 185 Å². The fraction of sp³-hybridized carbons (Fsp3) is 0.440. The minimum Gasteiger partial charge on any atom is -0.496 e. The lowest BCUT2D eigenvalue weighted by molar-refractivity contribution is 0.104. The van der Waals surface area contributed by atoms with Crippen LogP contribution in [0.3, 0.4) is 0 Å². The molecule has 2 aromatic rings. The molecule has 6 heteroatoms. The van der Waals surface area contributed by atoms with Crippen molar-refractivity contribution in [3.63, 3.8) is 0 Å². The molecule has 1 fully saturated rings. The first-order valence-electron chi connectivity index (χ1n) is 10.7. The standard InChI is InChI=1S/C25H31O5P/c1-16-10-9-11-17(2)22(16)24(26)31(19-12-7-6-8-13-19)25(27)23-20(29-4)14-18(28-3)15-21(23)30-5/h9-11,14-15,19H,6-8,12-13H2,1-5H3. The van der Waals surface area contributed by atoms with E-state index in [-0.39, 0.29) is 16.7 Å². The lowest BCUT2D eigenvalue weighted by Gasteiger charge is -2.30. The van der Waals surface area contributed by atoms with E-state index in [4.69, 9.17) is 14.2 Å². The minimum atomic E-state index is -1.62. The lowest BCUT2D eigenvalue weighted by atomic mass is 10.0. The molecule has 1 unspecified atom stereocenters. The summed E-state index contributed by atoms with van der Waals surface area (Å²) in [5.41, 5.74) is 2.69. The van der Waals surface area contributed by atoms with Gasteiger partial charge in [-0.15, -0.1) is 0 Å². The summed E-state index contributed by atoms with van der Waals surface area (Å²) in [5, 5.41) is 0. The SMILES string of the molecule is COc1cc(OC)c(C(=O)P(C(=O)c2c(C)cccc2C)C2CCCCC2)c(OC)c1. The molecule has 0 spiro atoms. The molecule has 0 aromatic heterocycles. The van der Waals surface area contributed by atoms with Crippen LogP contribution in [0.4, 0.5) is 0 Å². The van der Waals surface area contributed by atoms with Crippen molar-refractivity contribution in [2.75, 3.05) is 21.3 Å².